The Kier molecular flexibility index (Phi) is 4.84. The summed E-state index contributed by atoms with van der Waals surface area (Å²) in [5.74, 6) is -1.38. The van der Waals surface area contributed by atoms with Crippen molar-refractivity contribution in [1.82, 2.24) is 10.9 Å². The van der Waals surface area contributed by atoms with Gasteiger partial charge in [-0.05, 0) is 49.4 Å². The molecule has 0 fully saturated rings. The first kappa shape index (κ1) is 14.9. The van der Waals surface area contributed by atoms with E-state index in [0.29, 0.717) is 0 Å². The molecule has 2 aromatic rings. The molecule has 108 valence electrons. The van der Waals surface area contributed by atoms with Gasteiger partial charge in [-0.3, -0.25) is 20.4 Å². The van der Waals surface area contributed by atoms with Crippen molar-refractivity contribution < 1.29 is 14.0 Å². The molecule has 0 aliphatic heterocycles. The number of hydrazine groups is 1. The first-order valence-corrected chi connectivity index (χ1v) is 6.96. The van der Waals surface area contributed by atoms with Crippen molar-refractivity contribution in [2.45, 2.75) is 6.92 Å². The molecule has 6 heteroatoms. The number of aryl methyl sites for hydroxylation is 1. The van der Waals surface area contributed by atoms with Crippen molar-refractivity contribution in [2.75, 3.05) is 0 Å². The number of halogens is 1. The molecule has 1 heterocycles. The average Bonchev–Trinajstić information content (AvgIpc) is 2.89. The van der Waals surface area contributed by atoms with E-state index < -0.39 is 17.6 Å². The predicted octanol–water partition coefficient (Wildman–Crippen LogP) is 2.67. The van der Waals surface area contributed by atoms with E-state index in [1.54, 1.807) is 17.4 Å². The third-order valence-corrected chi connectivity index (χ3v) is 3.53. The predicted molar refractivity (Wildman–Crippen MR) is 80.1 cm³/mol. The molecular weight excluding hydrogens is 291 g/mol. The van der Waals surface area contributed by atoms with E-state index >= 15 is 0 Å². The fraction of sp³-hybridized carbons (Fsp3) is 0.0667. The molecule has 2 amide bonds. The summed E-state index contributed by atoms with van der Waals surface area (Å²) in [6, 6.07) is 8.88. The summed E-state index contributed by atoms with van der Waals surface area (Å²) in [6.07, 6.45) is 2.99. The van der Waals surface area contributed by atoms with Gasteiger partial charge in [0.15, 0.2) is 0 Å². The number of carbonyl (C=O) groups is 2. The standard InChI is InChI=1S/C15H13FN2O2S/c1-10-2-7-13(21-10)8-9-14(19)17-18-15(20)11-3-5-12(16)6-4-11/h2-9H,1H3,(H,17,19)(H,18,20)/b9-8+. The van der Waals surface area contributed by atoms with E-state index in [0.717, 1.165) is 9.75 Å². The SMILES string of the molecule is Cc1ccc(/C=C/C(=O)NNC(=O)c2ccc(F)cc2)s1. The lowest BCUT2D eigenvalue weighted by atomic mass is 10.2. The van der Waals surface area contributed by atoms with Gasteiger partial charge < -0.3 is 0 Å². The molecule has 0 saturated heterocycles. The van der Waals surface area contributed by atoms with Crippen molar-refractivity contribution >= 4 is 29.2 Å². The van der Waals surface area contributed by atoms with Crippen molar-refractivity contribution in [3.05, 3.63) is 63.6 Å². The van der Waals surface area contributed by atoms with Crippen LogP contribution in [0.15, 0.2) is 42.5 Å². The van der Waals surface area contributed by atoms with Gasteiger partial charge in [-0.2, -0.15) is 0 Å². The molecule has 0 spiro atoms. The smallest absolute Gasteiger partial charge is 0.268 e. The lowest BCUT2D eigenvalue weighted by molar-refractivity contribution is -0.117. The minimum atomic E-state index is -0.510. The topological polar surface area (TPSA) is 58.2 Å². The molecular formula is C15H13FN2O2S. The van der Waals surface area contributed by atoms with Gasteiger partial charge in [0.25, 0.3) is 11.8 Å². The molecule has 0 bridgehead atoms. The second kappa shape index (κ2) is 6.81. The monoisotopic (exact) mass is 304 g/mol. The highest BCUT2D eigenvalue weighted by Gasteiger charge is 2.05. The van der Waals surface area contributed by atoms with Crippen molar-refractivity contribution in [2.24, 2.45) is 0 Å². The molecule has 0 atom stereocenters. The minimum Gasteiger partial charge on any atom is -0.268 e. The first-order chi connectivity index (χ1) is 10.0. The Hall–Kier alpha value is -2.47. The molecule has 0 aliphatic carbocycles. The number of nitrogens with one attached hydrogen (secondary N) is 2. The lowest BCUT2D eigenvalue weighted by Gasteiger charge is -2.04. The van der Waals surface area contributed by atoms with Crippen LogP contribution in [0.2, 0.25) is 0 Å². The zero-order valence-electron chi connectivity index (χ0n) is 11.2. The van der Waals surface area contributed by atoms with Crippen LogP contribution in [0, 0.1) is 12.7 Å². The number of hydrogen-bond donors (Lipinski definition) is 2. The number of benzene rings is 1. The summed E-state index contributed by atoms with van der Waals surface area (Å²) in [5.41, 5.74) is 4.77. The Morgan fingerprint density at radius 2 is 1.81 bits per heavy atom. The second-order valence-electron chi connectivity index (χ2n) is 4.23. The zero-order chi connectivity index (χ0) is 15.2. The highest BCUT2D eigenvalue weighted by molar-refractivity contribution is 7.12. The van der Waals surface area contributed by atoms with Crippen molar-refractivity contribution in [3.63, 3.8) is 0 Å². The van der Waals surface area contributed by atoms with Gasteiger partial charge in [0, 0.05) is 21.4 Å². The van der Waals surface area contributed by atoms with Crippen molar-refractivity contribution in [1.29, 1.82) is 0 Å². The Bertz CT molecular complexity index is 677. The van der Waals surface area contributed by atoms with Gasteiger partial charge in [-0.15, -0.1) is 11.3 Å². The Morgan fingerprint density at radius 1 is 1.10 bits per heavy atom. The van der Waals surface area contributed by atoms with Gasteiger partial charge in [-0.1, -0.05) is 0 Å². The largest absolute Gasteiger partial charge is 0.269 e. The van der Waals surface area contributed by atoms with Crippen LogP contribution in [0.25, 0.3) is 6.08 Å². The van der Waals surface area contributed by atoms with Gasteiger partial charge in [-0.25, -0.2) is 4.39 Å². The van der Waals surface area contributed by atoms with Gasteiger partial charge in [0.05, 0.1) is 0 Å². The van der Waals surface area contributed by atoms with E-state index in [9.17, 15) is 14.0 Å². The third kappa shape index (κ3) is 4.54. The summed E-state index contributed by atoms with van der Waals surface area (Å²) >= 11 is 1.56. The first-order valence-electron chi connectivity index (χ1n) is 6.15. The van der Waals surface area contributed by atoms with E-state index in [1.165, 1.54) is 30.3 Å². The summed E-state index contributed by atoms with van der Waals surface area (Å²) in [7, 11) is 0. The Balaban J connectivity index is 1.85. The van der Waals surface area contributed by atoms with Crippen LogP contribution in [-0.2, 0) is 4.79 Å². The molecule has 1 aromatic heterocycles. The molecule has 1 aromatic carbocycles. The Labute approximate surface area is 125 Å². The maximum absolute atomic E-state index is 12.7. The minimum absolute atomic E-state index is 0.259. The van der Waals surface area contributed by atoms with E-state index in [-0.39, 0.29) is 5.56 Å². The maximum atomic E-state index is 12.7. The summed E-state index contributed by atoms with van der Waals surface area (Å²) < 4.78 is 12.7. The summed E-state index contributed by atoms with van der Waals surface area (Å²) in [4.78, 5) is 25.3. The number of amides is 2. The molecule has 4 nitrogen and oxygen atoms in total. The highest BCUT2D eigenvalue weighted by Crippen LogP contribution is 2.16. The van der Waals surface area contributed by atoms with E-state index in [2.05, 4.69) is 10.9 Å². The van der Waals surface area contributed by atoms with Crippen LogP contribution >= 0.6 is 11.3 Å². The number of carbonyl (C=O) groups excluding carboxylic acids is 2. The van der Waals surface area contributed by atoms with Crippen LogP contribution < -0.4 is 10.9 Å². The molecule has 0 radical (unpaired) electrons. The molecule has 0 aliphatic rings. The van der Waals surface area contributed by atoms with E-state index in [4.69, 9.17) is 0 Å². The van der Waals surface area contributed by atoms with Crippen LogP contribution in [0.5, 0.6) is 0 Å². The number of thiophene rings is 1. The normalized spacial score (nSPS) is 10.6. The third-order valence-electron chi connectivity index (χ3n) is 2.57. The second-order valence-corrected chi connectivity index (χ2v) is 5.55. The number of rotatable bonds is 3. The molecule has 2 N–H and O–H groups in total. The number of hydrogen-bond acceptors (Lipinski definition) is 3. The summed E-state index contributed by atoms with van der Waals surface area (Å²) in [6.45, 7) is 1.98. The van der Waals surface area contributed by atoms with Crippen LogP contribution in [-0.4, -0.2) is 11.8 Å². The Morgan fingerprint density at radius 3 is 2.43 bits per heavy atom. The highest BCUT2D eigenvalue weighted by atomic mass is 32.1. The van der Waals surface area contributed by atoms with Crippen LogP contribution in [0.1, 0.15) is 20.1 Å². The molecule has 0 unspecified atom stereocenters. The quantitative estimate of drug-likeness (QED) is 0.676. The molecule has 21 heavy (non-hydrogen) atoms. The average molecular weight is 304 g/mol. The fourth-order valence-electron chi connectivity index (χ4n) is 1.53. The molecule has 2 rings (SSSR count). The van der Waals surface area contributed by atoms with Gasteiger partial charge >= 0.3 is 0 Å². The van der Waals surface area contributed by atoms with E-state index in [1.807, 2.05) is 19.1 Å². The van der Waals surface area contributed by atoms with Gasteiger partial charge in [0.1, 0.15) is 5.82 Å². The van der Waals surface area contributed by atoms with Crippen LogP contribution in [0.4, 0.5) is 4.39 Å². The van der Waals surface area contributed by atoms with Gasteiger partial charge in [0.2, 0.25) is 0 Å². The summed E-state index contributed by atoms with van der Waals surface area (Å²) in [5, 5.41) is 0. The fourth-order valence-corrected chi connectivity index (χ4v) is 2.31. The van der Waals surface area contributed by atoms with Crippen LogP contribution in [0.3, 0.4) is 0 Å². The van der Waals surface area contributed by atoms with Crippen molar-refractivity contribution in [3.8, 4) is 0 Å². The lowest BCUT2D eigenvalue weighted by Crippen LogP contribution is -2.40. The zero-order valence-corrected chi connectivity index (χ0v) is 12.0. The maximum Gasteiger partial charge on any atom is 0.269 e. The molecule has 0 saturated carbocycles.